The summed E-state index contributed by atoms with van der Waals surface area (Å²) in [5.74, 6) is 0.530. The van der Waals surface area contributed by atoms with Crippen molar-refractivity contribution in [2.24, 2.45) is 0 Å². The Hall–Kier alpha value is -1.90. The number of aryl methyl sites for hydroxylation is 1. The first-order valence-corrected chi connectivity index (χ1v) is 7.27. The molecule has 4 heteroatoms. The van der Waals surface area contributed by atoms with E-state index in [9.17, 15) is 0 Å². The number of halogens is 2. The number of benzene rings is 2. The van der Waals surface area contributed by atoms with E-state index in [2.05, 4.69) is 9.97 Å². The first kappa shape index (κ1) is 14.1. The minimum atomic E-state index is 0.364. The number of rotatable bonds is 2. The lowest BCUT2D eigenvalue weighted by atomic mass is 10.0. The Morgan fingerprint density at radius 1 is 0.762 bits per heavy atom. The van der Waals surface area contributed by atoms with Crippen LogP contribution in [0.1, 0.15) is 5.56 Å². The maximum atomic E-state index is 6.36. The van der Waals surface area contributed by atoms with Crippen LogP contribution in [0.15, 0.2) is 54.6 Å². The fourth-order valence-electron chi connectivity index (χ4n) is 2.20. The summed E-state index contributed by atoms with van der Waals surface area (Å²) in [7, 11) is 0. The van der Waals surface area contributed by atoms with Gasteiger partial charge in [0.15, 0.2) is 5.82 Å². The van der Waals surface area contributed by atoms with Gasteiger partial charge in [0.2, 0.25) is 0 Å². The average molecular weight is 315 g/mol. The fourth-order valence-corrected chi connectivity index (χ4v) is 2.79. The fraction of sp³-hybridized carbons (Fsp3) is 0.0588. The Morgan fingerprint density at radius 3 is 1.95 bits per heavy atom. The highest BCUT2D eigenvalue weighted by molar-refractivity contribution is 6.38. The van der Waals surface area contributed by atoms with Crippen LogP contribution < -0.4 is 0 Å². The van der Waals surface area contributed by atoms with Gasteiger partial charge in [0.25, 0.3) is 0 Å². The van der Waals surface area contributed by atoms with Crippen LogP contribution in [-0.4, -0.2) is 9.97 Å². The third-order valence-corrected chi connectivity index (χ3v) is 3.81. The quantitative estimate of drug-likeness (QED) is 0.590. The summed E-state index contributed by atoms with van der Waals surface area (Å²) in [6.07, 6.45) is 0. The molecule has 3 aromatic rings. The van der Waals surface area contributed by atoms with E-state index in [0.29, 0.717) is 21.7 Å². The summed E-state index contributed by atoms with van der Waals surface area (Å²) < 4.78 is 0. The largest absolute Gasteiger partial charge is 0.216 e. The van der Waals surface area contributed by atoms with Crippen molar-refractivity contribution in [3.63, 3.8) is 0 Å². The molecule has 0 saturated heterocycles. The van der Waals surface area contributed by atoms with Crippen molar-refractivity contribution in [3.8, 4) is 22.5 Å². The molecule has 3 rings (SSSR count). The van der Waals surface area contributed by atoms with Gasteiger partial charge in [0, 0.05) is 5.56 Å². The van der Waals surface area contributed by atoms with Gasteiger partial charge in [0.1, 0.15) is 10.3 Å². The van der Waals surface area contributed by atoms with Gasteiger partial charge in [-0.1, -0.05) is 77.8 Å². The predicted molar refractivity (Wildman–Crippen MR) is 87.7 cm³/mol. The van der Waals surface area contributed by atoms with Crippen LogP contribution in [-0.2, 0) is 0 Å². The lowest BCUT2D eigenvalue weighted by molar-refractivity contribution is 1.18. The van der Waals surface area contributed by atoms with Crippen LogP contribution in [0.25, 0.3) is 22.5 Å². The second kappa shape index (κ2) is 5.84. The Labute approximate surface area is 133 Å². The van der Waals surface area contributed by atoms with Crippen LogP contribution in [0, 0.1) is 6.92 Å². The standard InChI is InChI=1S/C17H12Cl2N2/c1-11-7-5-6-10-13(11)14-15(18)20-17(21-16(14)19)12-8-3-2-4-9-12/h2-10H,1H3. The molecule has 0 aliphatic rings. The maximum Gasteiger partial charge on any atom is 0.162 e. The summed E-state index contributed by atoms with van der Waals surface area (Å²) in [4.78, 5) is 8.78. The second-order valence-electron chi connectivity index (χ2n) is 4.68. The lowest BCUT2D eigenvalue weighted by Crippen LogP contribution is -1.95. The molecule has 0 unspecified atom stereocenters. The molecule has 0 saturated carbocycles. The van der Waals surface area contributed by atoms with Crippen molar-refractivity contribution in [1.82, 2.24) is 9.97 Å². The summed E-state index contributed by atoms with van der Waals surface area (Å²) in [5.41, 5.74) is 3.60. The molecule has 0 radical (unpaired) electrons. The molecule has 0 aliphatic heterocycles. The number of aromatic nitrogens is 2. The van der Waals surface area contributed by atoms with Gasteiger partial charge in [-0.15, -0.1) is 0 Å². The molecule has 104 valence electrons. The van der Waals surface area contributed by atoms with E-state index >= 15 is 0 Å². The third kappa shape index (κ3) is 2.78. The number of nitrogens with zero attached hydrogens (tertiary/aromatic N) is 2. The monoisotopic (exact) mass is 314 g/mol. The Kier molecular flexibility index (Phi) is 3.91. The summed E-state index contributed by atoms with van der Waals surface area (Å²) in [6, 6.07) is 17.5. The highest BCUT2D eigenvalue weighted by atomic mass is 35.5. The van der Waals surface area contributed by atoms with E-state index in [1.54, 1.807) is 0 Å². The molecular weight excluding hydrogens is 303 g/mol. The zero-order chi connectivity index (χ0) is 14.8. The van der Waals surface area contributed by atoms with Crippen LogP contribution in [0.4, 0.5) is 0 Å². The first-order valence-electron chi connectivity index (χ1n) is 6.51. The molecule has 0 atom stereocenters. The molecule has 0 spiro atoms. The van der Waals surface area contributed by atoms with E-state index in [1.807, 2.05) is 61.5 Å². The minimum Gasteiger partial charge on any atom is -0.216 e. The minimum absolute atomic E-state index is 0.364. The van der Waals surface area contributed by atoms with E-state index in [-0.39, 0.29) is 0 Å². The summed E-state index contributed by atoms with van der Waals surface area (Å²) in [6.45, 7) is 2.01. The molecule has 2 nitrogen and oxygen atoms in total. The molecule has 0 amide bonds. The summed E-state index contributed by atoms with van der Waals surface area (Å²) in [5, 5.41) is 0.728. The third-order valence-electron chi connectivity index (χ3n) is 3.27. The van der Waals surface area contributed by atoms with Crippen molar-refractivity contribution >= 4 is 23.2 Å². The first-order chi connectivity index (χ1) is 10.2. The van der Waals surface area contributed by atoms with Gasteiger partial charge in [-0.05, 0) is 18.1 Å². The topological polar surface area (TPSA) is 25.8 Å². The van der Waals surface area contributed by atoms with E-state index in [0.717, 1.165) is 16.7 Å². The maximum absolute atomic E-state index is 6.36. The van der Waals surface area contributed by atoms with E-state index in [1.165, 1.54) is 0 Å². The van der Waals surface area contributed by atoms with Crippen LogP contribution in [0.3, 0.4) is 0 Å². The Morgan fingerprint density at radius 2 is 1.33 bits per heavy atom. The van der Waals surface area contributed by atoms with Gasteiger partial charge in [0.05, 0.1) is 5.56 Å². The van der Waals surface area contributed by atoms with Gasteiger partial charge < -0.3 is 0 Å². The van der Waals surface area contributed by atoms with Crippen LogP contribution in [0.5, 0.6) is 0 Å². The lowest BCUT2D eigenvalue weighted by Gasteiger charge is -2.10. The van der Waals surface area contributed by atoms with Crippen molar-refractivity contribution in [1.29, 1.82) is 0 Å². The van der Waals surface area contributed by atoms with Gasteiger partial charge >= 0.3 is 0 Å². The van der Waals surface area contributed by atoms with E-state index in [4.69, 9.17) is 23.2 Å². The highest BCUT2D eigenvalue weighted by Crippen LogP contribution is 2.35. The van der Waals surface area contributed by atoms with Gasteiger partial charge in [-0.25, -0.2) is 9.97 Å². The Balaban J connectivity index is 2.16. The number of hydrogen-bond donors (Lipinski definition) is 0. The van der Waals surface area contributed by atoms with Gasteiger partial charge in [-0.2, -0.15) is 0 Å². The van der Waals surface area contributed by atoms with E-state index < -0.39 is 0 Å². The molecular formula is C17H12Cl2N2. The van der Waals surface area contributed by atoms with Crippen molar-refractivity contribution in [3.05, 3.63) is 70.5 Å². The zero-order valence-electron chi connectivity index (χ0n) is 11.3. The van der Waals surface area contributed by atoms with Crippen molar-refractivity contribution in [2.45, 2.75) is 6.92 Å². The normalized spacial score (nSPS) is 10.6. The van der Waals surface area contributed by atoms with Crippen LogP contribution >= 0.6 is 23.2 Å². The smallest absolute Gasteiger partial charge is 0.162 e. The van der Waals surface area contributed by atoms with Crippen molar-refractivity contribution in [2.75, 3.05) is 0 Å². The second-order valence-corrected chi connectivity index (χ2v) is 5.40. The molecule has 0 N–H and O–H groups in total. The number of hydrogen-bond acceptors (Lipinski definition) is 2. The molecule has 2 aromatic carbocycles. The van der Waals surface area contributed by atoms with Crippen molar-refractivity contribution < 1.29 is 0 Å². The molecule has 0 aliphatic carbocycles. The molecule has 1 heterocycles. The molecule has 1 aromatic heterocycles. The summed E-state index contributed by atoms with van der Waals surface area (Å²) >= 11 is 12.7. The SMILES string of the molecule is Cc1ccccc1-c1c(Cl)nc(-c2ccccc2)nc1Cl. The zero-order valence-corrected chi connectivity index (χ0v) is 12.9. The van der Waals surface area contributed by atoms with Crippen LogP contribution in [0.2, 0.25) is 10.3 Å². The highest BCUT2D eigenvalue weighted by Gasteiger charge is 2.15. The average Bonchev–Trinajstić information content (AvgIpc) is 2.49. The predicted octanol–water partition coefficient (Wildman–Crippen LogP) is 5.43. The molecule has 0 bridgehead atoms. The van der Waals surface area contributed by atoms with Gasteiger partial charge in [-0.3, -0.25) is 0 Å². The molecule has 0 fully saturated rings. The molecule has 21 heavy (non-hydrogen) atoms. The Bertz CT molecular complexity index is 763.